The summed E-state index contributed by atoms with van der Waals surface area (Å²) in [6, 6.07) is -0.862. The molecule has 0 aliphatic carbocycles. The summed E-state index contributed by atoms with van der Waals surface area (Å²) in [5.41, 5.74) is 0. The van der Waals surface area contributed by atoms with E-state index >= 15 is 0 Å². The molecule has 0 rings (SSSR count). The van der Waals surface area contributed by atoms with E-state index in [1.54, 1.807) is 0 Å². The summed E-state index contributed by atoms with van der Waals surface area (Å²) in [5.74, 6) is -0.525. The fourth-order valence-corrected chi connectivity index (χ4v) is 9.75. The number of hydrogen-bond donors (Lipinski definition) is 2. The molecule has 9 nitrogen and oxygen atoms in total. The van der Waals surface area contributed by atoms with Gasteiger partial charge in [0.1, 0.15) is 19.3 Å². The van der Waals surface area contributed by atoms with Gasteiger partial charge in [0.15, 0.2) is 0 Å². The van der Waals surface area contributed by atoms with E-state index in [0.717, 1.165) is 109 Å². The predicted octanol–water partition coefficient (Wildman–Crippen LogP) is 20.2. The summed E-state index contributed by atoms with van der Waals surface area (Å²) in [4.78, 5) is 37.8. The first-order valence-corrected chi connectivity index (χ1v) is 33.9. The van der Waals surface area contributed by atoms with Crippen molar-refractivity contribution in [1.29, 1.82) is 0 Å². The van der Waals surface area contributed by atoms with Crippen LogP contribution in [-0.2, 0) is 27.9 Å². The van der Waals surface area contributed by atoms with Gasteiger partial charge >= 0.3 is 13.8 Å². The van der Waals surface area contributed by atoms with E-state index in [4.69, 9.17) is 13.8 Å². The number of amides is 1. The van der Waals surface area contributed by atoms with Crippen molar-refractivity contribution < 1.29 is 37.3 Å². The fraction of sp³-hybridized carbons (Fsp3) is 0.765. The van der Waals surface area contributed by atoms with E-state index in [-0.39, 0.29) is 31.5 Å². The van der Waals surface area contributed by atoms with Gasteiger partial charge in [0.25, 0.3) is 0 Å². The zero-order chi connectivity index (χ0) is 57.2. The minimum absolute atomic E-state index is 0.0333. The predicted molar refractivity (Wildman–Crippen MR) is 337 cm³/mol. The van der Waals surface area contributed by atoms with Crippen LogP contribution in [0, 0.1) is 0 Å². The summed E-state index contributed by atoms with van der Waals surface area (Å²) in [7, 11) is 1.48. The van der Waals surface area contributed by atoms with Crippen molar-refractivity contribution in [3.63, 3.8) is 0 Å². The molecule has 452 valence electrons. The Hall–Kier alpha value is -2.81. The van der Waals surface area contributed by atoms with Gasteiger partial charge in [-0.25, -0.2) is 4.57 Å². The van der Waals surface area contributed by atoms with E-state index in [1.165, 1.54) is 141 Å². The Morgan fingerprint density at radius 3 is 1.19 bits per heavy atom. The third-order valence-corrected chi connectivity index (χ3v) is 15.0. The molecule has 0 bridgehead atoms. The Morgan fingerprint density at radius 1 is 0.449 bits per heavy atom. The number of unbranched alkanes of at least 4 members (excludes halogenated alkanes) is 30. The molecule has 0 aromatic carbocycles. The molecule has 10 heteroatoms. The number of esters is 1. The Morgan fingerprint density at radius 2 is 0.782 bits per heavy atom. The van der Waals surface area contributed by atoms with Crippen LogP contribution in [0.2, 0.25) is 0 Å². The molecular formula is C68H124N2O7P+. The third kappa shape index (κ3) is 57.9. The molecule has 0 saturated carbocycles. The topological polar surface area (TPSA) is 111 Å². The Bertz CT molecular complexity index is 1610. The number of quaternary nitrogens is 1. The zero-order valence-corrected chi connectivity index (χ0v) is 52.5. The molecule has 78 heavy (non-hydrogen) atoms. The summed E-state index contributed by atoms with van der Waals surface area (Å²) in [6.07, 6.45) is 75.7. The molecule has 0 fully saturated rings. The van der Waals surface area contributed by atoms with Gasteiger partial charge in [-0.2, -0.15) is 0 Å². The first-order valence-electron chi connectivity index (χ1n) is 32.4. The first kappa shape index (κ1) is 75.2. The second kappa shape index (κ2) is 57.4. The molecule has 0 saturated heterocycles. The molecule has 0 aliphatic heterocycles. The monoisotopic (exact) mass is 1110 g/mol. The van der Waals surface area contributed by atoms with Gasteiger partial charge in [0.2, 0.25) is 5.91 Å². The summed E-state index contributed by atoms with van der Waals surface area (Å²) >= 11 is 0. The number of phosphoric ester groups is 1. The second-order valence-corrected chi connectivity index (χ2v) is 24.4. The Kier molecular flexibility index (Phi) is 55.4. The number of hydrogen-bond acceptors (Lipinski definition) is 6. The molecule has 0 heterocycles. The maximum atomic E-state index is 13.6. The number of likely N-dealkylation sites (N-methyl/N-ethyl adjacent to an activating group) is 1. The minimum atomic E-state index is -4.46. The lowest BCUT2D eigenvalue weighted by Gasteiger charge is -2.27. The minimum Gasteiger partial charge on any atom is -0.456 e. The molecule has 3 atom stereocenters. The summed E-state index contributed by atoms with van der Waals surface area (Å²) < 4.78 is 30.7. The number of nitrogens with one attached hydrogen (secondary N) is 1. The highest BCUT2D eigenvalue weighted by atomic mass is 31.2. The van der Waals surface area contributed by atoms with E-state index in [1.807, 2.05) is 33.3 Å². The average molecular weight is 1110 g/mol. The molecule has 0 radical (unpaired) electrons. The fourth-order valence-electron chi connectivity index (χ4n) is 9.01. The lowest BCUT2D eigenvalue weighted by atomic mass is 10.0. The van der Waals surface area contributed by atoms with Crippen molar-refractivity contribution in [2.45, 2.75) is 296 Å². The highest BCUT2D eigenvalue weighted by Gasteiger charge is 2.30. The van der Waals surface area contributed by atoms with Crippen LogP contribution in [0.5, 0.6) is 0 Å². The van der Waals surface area contributed by atoms with Gasteiger partial charge in [-0.05, 0) is 109 Å². The van der Waals surface area contributed by atoms with Gasteiger partial charge in [0, 0.05) is 12.8 Å². The van der Waals surface area contributed by atoms with Crippen molar-refractivity contribution in [3.05, 3.63) is 85.1 Å². The molecule has 0 spiro atoms. The maximum Gasteiger partial charge on any atom is 0.472 e. The van der Waals surface area contributed by atoms with Crippen LogP contribution in [0.1, 0.15) is 284 Å². The highest BCUT2D eigenvalue weighted by Crippen LogP contribution is 2.43. The number of carbonyl (C=O) groups excluding carboxylic acids is 2. The van der Waals surface area contributed by atoms with Crippen LogP contribution >= 0.6 is 7.82 Å². The van der Waals surface area contributed by atoms with E-state index in [9.17, 15) is 19.0 Å². The number of carbonyl (C=O) groups is 2. The smallest absolute Gasteiger partial charge is 0.456 e. The zero-order valence-electron chi connectivity index (χ0n) is 51.6. The number of nitrogens with zero attached hydrogens (tertiary/aromatic N) is 1. The number of rotatable bonds is 58. The largest absolute Gasteiger partial charge is 0.472 e. The van der Waals surface area contributed by atoms with Gasteiger partial charge in [0.05, 0.1) is 33.8 Å². The standard InChI is InChI=1S/C68H123N2O7P/c1-7-10-13-16-19-22-25-28-30-32-33-34-35-36-37-39-40-42-45-48-51-54-57-60-67(71)69-65(64-76-78(73,74)75-63-62-70(4,5)6)66(59-56-53-50-47-44-27-24-21-18-15-12-9-3)77-68(72)61-58-55-52-49-46-43-41-38-31-29-26-23-20-17-14-11-8-2/h19-20,22-23,28-31,33-34,36-37,56,59,65-66H,7-18,21,24-27,32,35,38-55,57-58,60-64H2,1-6H3,(H-,69,71,73,74)/p+1/b22-19-,23-20-,30-28-,31-29-,34-33-,37-36-,59-56-. The van der Waals surface area contributed by atoms with Crippen LogP contribution in [0.4, 0.5) is 0 Å². The molecule has 0 aromatic heterocycles. The molecule has 0 aliphatic rings. The van der Waals surface area contributed by atoms with Gasteiger partial charge in [-0.15, -0.1) is 0 Å². The average Bonchev–Trinajstić information content (AvgIpc) is 3.40. The Balaban J connectivity index is 5.23. The van der Waals surface area contributed by atoms with Crippen molar-refractivity contribution in [3.8, 4) is 0 Å². The Labute approximate surface area is 482 Å². The van der Waals surface area contributed by atoms with E-state index < -0.39 is 20.0 Å². The van der Waals surface area contributed by atoms with Gasteiger partial charge < -0.3 is 19.4 Å². The molecule has 1 amide bonds. The molecule has 2 N–H and O–H groups in total. The highest BCUT2D eigenvalue weighted by molar-refractivity contribution is 7.47. The second-order valence-electron chi connectivity index (χ2n) is 22.9. The van der Waals surface area contributed by atoms with Crippen molar-refractivity contribution in [2.75, 3.05) is 40.9 Å². The van der Waals surface area contributed by atoms with Crippen LogP contribution in [0.15, 0.2) is 85.1 Å². The van der Waals surface area contributed by atoms with Gasteiger partial charge in [-0.1, -0.05) is 247 Å². The lowest BCUT2D eigenvalue weighted by molar-refractivity contribution is -0.870. The van der Waals surface area contributed by atoms with Crippen LogP contribution in [-0.4, -0.2) is 74.3 Å². The first-order chi connectivity index (χ1) is 37.9. The van der Waals surface area contributed by atoms with Crippen LogP contribution in [0.25, 0.3) is 0 Å². The number of ether oxygens (including phenoxy) is 1. The SMILES string of the molecule is CCCCC/C=C\C/C=C\C/C=C\C/C=C\CCCCCCCCCC(=O)NC(COP(=O)(O)OCC[N+](C)(C)C)C(/C=C\CCCCCCCCCCCC)OC(=O)CCCCCCCCC/C=C\C/C=C\CCCCC. The number of phosphoric acid groups is 1. The van der Waals surface area contributed by atoms with E-state index in [0.29, 0.717) is 17.4 Å². The molecule has 0 aromatic rings. The lowest BCUT2D eigenvalue weighted by Crippen LogP contribution is -2.47. The van der Waals surface area contributed by atoms with Crippen LogP contribution < -0.4 is 5.32 Å². The van der Waals surface area contributed by atoms with Crippen molar-refractivity contribution in [1.82, 2.24) is 5.32 Å². The summed E-state index contributed by atoms with van der Waals surface area (Å²) in [6.45, 7) is 6.95. The quantitative estimate of drug-likeness (QED) is 0.0205. The van der Waals surface area contributed by atoms with Crippen molar-refractivity contribution in [2.24, 2.45) is 0 Å². The van der Waals surface area contributed by atoms with Gasteiger partial charge in [-0.3, -0.25) is 18.6 Å². The molecular weight excluding hydrogens is 988 g/mol. The molecule has 3 unspecified atom stereocenters. The normalized spacial score (nSPS) is 14.2. The van der Waals surface area contributed by atoms with Crippen molar-refractivity contribution >= 4 is 19.7 Å². The van der Waals surface area contributed by atoms with Crippen LogP contribution in [0.3, 0.4) is 0 Å². The van der Waals surface area contributed by atoms with E-state index in [2.05, 4.69) is 99.0 Å². The number of allylic oxidation sites excluding steroid dienone is 13. The summed E-state index contributed by atoms with van der Waals surface area (Å²) in [5, 5.41) is 3.05. The third-order valence-electron chi connectivity index (χ3n) is 14.1. The maximum absolute atomic E-state index is 13.6.